The summed E-state index contributed by atoms with van der Waals surface area (Å²) in [5, 5.41) is 0. The van der Waals surface area contributed by atoms with Gasteiger partial charge in [-0.05, 0) is 0 Å². The normalized spacial score (nSPS) is 16.5. The summed E-state index contributed by atoms with van der Waals surface area (Å²) >= 11 is 0. The first-order chi connectivity index (χ1) is 10.1. The Bertz CT molecular complexity index is 439. The van der Waals surface area contributed by atoms with Gasteiger partial charge in [0.1, 0.15) is 0 Å². The first-order valence-corrected chi connectivity index (χ1v) is 5.40. The number of rotatable bonds is 5. The lowest BCUT2D eigenvalue weighted by atomic mass is 9.85. The second kappa shape index (κ2) is 5.47. The van der Waals surface area contributed by atoms with Crippen molar-refractivity contribution < 1.29 is 65.9 Å². The standard InChI is InChI=1S/C9H5F15/c1-2-3(10,11)5(13,14)7(17,18)6(15,16)4(12,8(19,20)21)9(22,23)24/h2H2,1H3. The second-order valence-electron chi connectivity index (χ2n) is 4.44. The Balaban J connectivity index is 6.68. The van der Waals surface area contributed by atoms with Gasteiger partial charge in [0.2, 0.25) is 0 Å². The minimum Gasteiger partial charge on any atom is -0.216 e. The first-order valence-electron chi connectivity index (χ1n) is 5.40. The minimum absolute atomic E-state index is 0.00164. The molecule has 0 saturated heterocycles. The molecule has 0 bridgehead atoms. The third-order valence-electron chi connectivity index (χ3n) is 2.91. The first kappa shape index (κ1) is 22.9. The molecule has 0 spiro atoms. The summed E-state index contributed by atoms with van der Waals surface area (Å²) in [6.07, 6.45) is -18.1. The Morgan fingerprint density at radius 1 is 0.458 bits per heavy atom. The Labute approximate surface area is 122 Å². The van der Waals surface area contributed by atoms with E-state index in [0.717, 1.165) is 0 Å². The van der Waals surface area contributed by atoms with E-state index in [9.17, 15) is 65.9 Å². The molecule has 15 heteroatoms. The van der Waals surface area contributed by atoms with E-state index in [4.69, 9.17) is 0 Å². The quantitative estimate of drug-likeness (QED) is 0.516. The average Bonchev–Trinajstić information content (AvgIpc) is 2.33. The predicted octanol–water partition coefficient (Wildman–Crippen LogP) is 5.77. The van der Waals surface area contributed by atoms with E-state index in [1.54, 1.807) is 0 Å². The third kappa shape index (κ3) is 2.66. The molecule has 0 aliphatic heterocycles. The van der Waals surface area contributed by atoms with Crippen molar-refractivity contribution in [3.05, 3.63) is 0 Å². The molecule has 146 valence electrons. The van der Waals surface area contributed by atoms with Crippen LogP contribution in [-0.4, -0.2) is 41.7 Å². The molecule has 0 amide bonds. The SMILES string of the molecule is CCC(F)(F)C(F)(F)C(F)(F)C(F)(F)C(F)(C(F)(F)F)C(F)(F)F. The molecule has 0 aromatic heterocycles. The number of halogens is 15. The monoisotopic (exact) mass is 398 g/mol. The Kier molecular flexibility index (Phi) is 5.23. The van der Waals surface area contributed by atoms with Crippen LogP contribution >= 0.6 is 0 Å². The van der Waals surface area contributed by atoms with Gasteiger partial charge >= 0.3 is 41.7 Å². The highest BCUT2D eigenvalue weighted by Crippen LogP contribution is 2.63. The maximum Gasteiger partial charge on any atom is 0.438 e. The van der Waals surface area contributed by atoms with Crippen molar-refractivity contribution in [2.75, 3.05) is 0 Å². The molecule has 0 unspecified atom stereocenters. The van der Waals surface area contributed by atoms with Crippen molar-refractivity contribution in [1.82, 2.24) is 0 Å². The summed E-state index contributed by atoms with van der Waals surface area (Å²) < 4.78 is 189. The highest BCUT2D eigenvalue weighted by atomic mass is 19.4. The van der Waals surface area contributed by atoms with Gasteiger partial charge in [0.05, 0.1) is 0 Å². The molecule has 0 rings (SSSR count). The van der Waals surface area contributed by atoms with Crippen LogP contribution in [0.15, 0.2) is 0 Å². The lowest BCUT2D eigenvalue weighted by molar-refractivity contribution is -0.457. The van der Waals surface area contributed by atoms with Crippen molar-refractivity contribution in [3.8, 4) is 0 Å². The van der Waals surface area contributed by atoms with Crippen LogP contribution in [0.3, 0.4) is 0 Å². The number of hydrogen-bond donors (Lipinski definition) is 0. The van der Waals surface area contributed by atoms with E-state index in [0.29, 0.717) is 0 Å². The molecule has 24 heavy (non-hydrogen) atoms. The second-order valence-corrected chi connectivity index (χ2v) is 4.44. The molecule has 0 aliphatic carbocycles. The van der Waals surface area contributed by atoms with Gasteiger partial charge in [-0.2, -0.15) is 61.5 Å². The molecule has 0 aliphatic rings. The molecule has 0 fully saturated rings. The lowest BCUT2D eigenvalue weighted by Crippen LogP contribution is -2.75. The molecule has 0 atom stereocenters. The number of alkyl halides is 15. The molecule has 0 nitrogen and oxygen atoms in total. The largest absolute Gasteiger partial charge is 0.438 e. The van der Waals surface area contributed by atoms with Crippen LogP contribution in [0.4, 0.5) is 65.9 Å². The predicted molar refractivity (Wildman–Crippen MR) is 46.0 cm³/mol. The van der Waals surface area contributed by atoms with Gasteiger partial charge in [0, 0.05) is 6.42 Å². The Morgan fingerprint density at radius 3 is 0.958 bits per heavy atom. The molecular formula is C9H5F15. The highest BCUT2D eigenvalue weighted by Gasteiger charge is 2.95. The fourth-order valence-corrected chi connectivity index (χ4v) is 1.38. The summed E-state index contributed by atoms with van der Waals surface area (Å²) in [4.78, 5) is 0. The third-order valence-corrected chi connectivity index (χ3v) is 2.91. The Hall–Kier alpha value is -1.05. The topological polar surface area (TPSA) is 0 Å². The van der Waals surface area contributed by atoms with E-state index in [-0.39, 0.29) is 6.92 Å². The molecule has 0 N–H and O–H groups in total. The van der Waals surface area contributed by atoms with Gasteiger partial charge in [0.15, 0.2) is 0 Å². The zero-order valence-electron chi connectivity index (χ0n) is 10.9. The Morgan fingerprint density at radius 2 is 0.750 bits per heavy atom. The van der Waals surface area contributed by atoms with Gasteiger partial charge < -0.3 is 0 Å². The molecule has 0 radical (unpaired) electrons. The van der Waals surface area contributed by atoms with E-state index in [1.807, 2.05) is 0 Å². The van der Waals surface area contributed by atoms with Crippen molar-refractivity contribution in [2.24, 2.45) is 0 Å². The van der Waals surface area contributed by atoms with Gasteiger partial charge in [0.25, 0.3) is 0 Å². The van der Waals surface area contributed by atoms with Crippen LogP contribution in [0, 0.1) is 0 Å². The maximum atomic E-state index is 13.0. The molecular weight excluding hydrogens is 393 g/mol. The number of hydrogen-bond acceptors (Lipinski definition) is 0. The zero-order valence-corrected chi connectivity index (χ0v) is 10.9. The summed E-state index contributed by atoms with van der Waals surface area (Å²) in [6.45, 7) is -0.00164. The van der Waals surface area contributed by atoms with Crippen molar-refractivity contribution in [2.45, 2.75) is 55.1 Å². The van der Waals surface area contributed by atoms with E-state index < -0.39 is 48.1 Å². The molecule has 0 saturated carbocycles. The van der Waals surface area contributed by atoms with Crippen LogP contribution < -0.4 is 0 Å². The van der Waals surface area contributed by atoms with E-state index >= 15 is 0 Å². The molecule has 0 aromatic rings. The summed E-state index contributed by atoms with van der Waals surface area (Å²) in [5.74, 6) is -30.0. The van der Waals surface area contributed by atoms with Crippen LogP contribution in [0.2, 0.25) is 0 Å². The van der Waals surface area contributed by atoms with E-state index in [1.165, 1.54) is 0 Å². The van der Waals surface area contributed by atoms with Crippen molar-refractivity contribution in [3.63, 3.8) is 0 Å². The smallest absolute Gasteiger partial charge is 0.216 e. The van der Waals surface area contributed by atoms with Crippen LogP contribution in [-0.2, 0) is 0 Å². The van der Waals surface area contributed by atoms with Crippen molar-refractivity contribution >= 4 is 0 Å². The summed E-state index contributed by atoms with van der Waals surface area (Å²) in [7, 11) is 0. The average molecular weight is 398 g/mol. The molecule has 0 aromatic carbocycles. The van der Waals surface area contributed by atoms with Gasteiger partial charge in [-0.3, -0.25) is 0 Å². The summed E-state index contributed by atoms with van der Waals surface area (Å²) in [5.41, 5.74) is -8.22. The molecule has 0 heterocycles. The summed E-state index contributed by atoms with van der Waals surface area (Å²) in [6, 6.07) is 0. The lowest BCUT2D eigenvalue weighted by Gasteiger charge is -2.43. The fraction of sp³-hybridized carbons (Fsp3) is 1.00. The van der Waals surface area contributed by atoms with Crippen LogP contribution in [0.5, 0.6) is 0 Å². The van der Waals surface area contributed by atoms with Gasteiger partial charge in [-0.15, -0.1) is 0 Å². The van der Waals surface area contributed by atoms with Gasteiger partial charge in [-0.25, -0.2) is 4.39 Å². The maximum absolute atomic E-state index is 13.0. The van der Waals surface area contributed by atoms with E-state index in [2.05, 4.69) is 0 Å². The minimum atomic E-state index is -8.32. The van der Waals surface area contributed by atoms with Crippen LogP contribution in [0.25, 0.3) is 0 Å². The van der Waals surface area contributed by atoms with Crippen molar-refractivity contribution in [1.29, 1.82) is 0 Å². The fourth-order valence-electron chi connectivity index (χ4n) is 1.38. The van der Waals surface area contributed by atoms with Gasteiger partial charge in [-0.1, -0.05) is 6.92 Å². The highest BCUT2D eigenvalue weighted by molar-refractivity contribution is 5.16. The van der Waals surface area contributed by atoms with Crippen LogP contribution in [0.1, 0.15) is 13.3 Å². The zero-order chi connectivity index (χ0) is 20.2.